The van der Waals surface area contributed by atoms with Gasteiger partial charge in [0.2, 0.25) is 0 Å². The second-order valence-corrected chi connectivity index (χ2v) is 3.81. The summed E-state index contributed by atoms with van der Waals surface area (Å²) in [6.07, 6.45) is 0. The molecule has 0 radical (unpaired) electrons. The maximum atomic E-state index is 11.2. The van der Waals surface area contributed by atoms with E-state index >= 15 is 0 Å². The van der Waals surface area contributed by atoms with Crippen molar-refractivity contribution in [1.29, 1.82) is 0 Å². The molecule has 1 atom stereocenters. The standard InChI is InChI=1S/C10H12BrNO2.ClH/c1-6-7(4-3-5-8(6)11)9(12)10(13)14-2;/h3-5,9H,12H2,1-2H3;1H. The van der Waals surface area contributed by atoms with Crippen LogP contribution in [-0.2, 0) is 9.53 Å². The summed E-state index contributed by atoms with van der Waals surface area (Å²) in [5.74, 6) is -0.425. The molecule has 84 valence electrons. The van der Waals surface area contributed by atoms with Crippen LogP contribution in [0, 0.1) is 6.92 Å². The molecule has 0 bridgehead atoms. The lowest BCUT2D eigenvalue weighted by Crippen LogP contribution is -2.23. The first-order valence-corrected chi connectivity index (χ1v) is 4.95. The van der Waals surface area contributed by atoms with Gasteiger partial charge < -0.3 is 10.5 Å². The molecule has 0 aliphatic carbocycles. The van der Waals surface area contributed by atoms with Gasteiger partial charge in [0, 0.05) is 4.47 Å². The Morgan fingerprint density at radius 3 is 2.67 bits per heavy atom. The summed E-state index contributed by atoms with van der Waals surface area (Å²) in [6, 6.07) is 4.86. The zero-order valence-corrected chi connectivity index (χ0v) is 10.9. The predicted molar refractivity (Wildman–Crippen MR) is 65.1 cm³/mol. The molecule has 1 unspecified atom stereocenters. The van der Waals surface area contributed by atoms with Gasteiger partial charge in [-0.25, -0.2) is 0 Å². The van der Waals surface area contributed by atoms with Crippen LogP contribution in [0.25, 0.3) is 0 Å². The number of halogens is 2. The summed E-state index contributed by atoms with van der Waals surface area (Å²) < 4.78 is 5.52. The topological polar surface area (TPSA) is 52.3 Å². The first-order chi connectivity index (χ1) is 6.57. The normalized spacial score (nSPS) is 11.5. The van der Waals surface area contributed by atoms with Gasteiger partial charge in [0.05, 0.1) is 7.11 Å². The number of methoxy groups -OCH3 is 1. The third-order valence-corrected chi connectivity index (χ3v) is 2.96. The fourth-order valence-electron chi connectivity index (χ4n) is 1.22. The van der Waals surface area contributed by atoms with E-state index in [9.17, 15) is 4.79 Å². The smallest absolute Gasteiger partial charge is 0.327 e. The highest BCUT2D eigenvalue weighted by Gasteiger charge is 2.18. The molecular weight excluding hydrogens is 281 g/mol. The van der Waals surface area contributed by atoms with Crippen molar-refractivity contribution in [2.75, 3.05) is 7.11 Å². The number of hydrogen-bond acceptors (Lipinski definition) is 3. The Morgan fingerprint density at radius 1 is 1.53 bits per heavy atom. The van der Waals surface area contributed by atoms with Crippen LogP contribution in [0.2, 0.25) is 0 Å². The number of ether oxygens (including phenoxy) is 1. The molecule has 0 heterocycles. The van der Waals surface area contributed by atoms with E-state index in [-0.39, 0.29) is 12.4 Å². The Labute approximate surface area is 104 Å². The minimum Gasteiger partial charge on any atom is -0.468 e. The van der Waals surface area contributed by atoms with E-state index in [4.69, 9.17) is 5.73 Å². The van der Waals surface area contributed by atoms with Gasteiger partial charge in [0.25, 0.3) is 0 Å². The van der Waals surface area contributed by atoms with Gasteiger partial charge in [-0.3, -0.25) is 4.79 Å². The molecule has 3 nitrogen and oxygen atoms in total. The quantitative estimate of drug-likeness (QED) is 0.852. The van der Waals surface area contributed by atoms with Crippen molar-refractivity contribution in [3.05, 3.63) is 33.8 Å². The Morgan fingerprint density at radius 2 is 2.13 bits per heavy atom. The highest BCUT2D eigenvalue weighted by Crippen LogP contribution is 2.23. The van der Waals surface area contributed by atoms with Crippen molar-refractivity contribution in [2.45, 2.75) is 13.0 Å². The highest BCUT2D eigenvalue weighted by atomic mass is 79.9. The molecule has 1 aromatic rings. The van der Waals surface area contributed by atoms with E-state index in [2.05, 4.69) is 20.7 Å². The van der Waals surface area contributed by atoms with Crippen molar-refractivity contribution >= 4 is 34.3 Å². The molecule has 0 aromatic heterocycles. The molecule has 2 N–H and O–H groups in total. The number of carbonyl (C=O) groups is 1. The summed E-state index contributed by atoms with van der Waals surface area (Å²) in [7, 11) is 1.33. The zero-order chi connectivity index (χ0) is 10.7. The van der Waals surface area contributed by atoms with Crippen LogP contribution in [0.15, 0.2) is 22.7 Å². The van der Waals surface area contributed by atoms with Gasteiger partial charge in [-0.15, -0.1) is 12.4 Å². The van der Waals surface area contributed by atoms with Gasteiger partial charge in [-0.2, -0.15) is 0 Å². The molecule has 0 saturated heterocycles. The summed E-state index contributed by atoms with van der Waals surface area (Å²) in [5, 5.41) is 0. The molecule has 5 heteroatoms. The molecule has 0 spiro atoms. The predicted octanol–water partition coefficient (Wildman–Crippen LogP) is 2.35. The van der Waals surface area contributed by atoms with Gasteiger partial charge in [0.15, 0.2) is 0 Å². The largest absolute Gasteiger partial charge is 0.468 e. The van der Waals surface area contributed by atoms with Crippen molar-refractivity contribution < 1.29 is 9.53 Å². The Balaban J connectivity index is 0.00000196. The maximum Gasteiger partial charge on any atom is 0.327 e. The number of hydrogen-bond donors (Lipinski definition) is 1. The Kier molecular flexibility index (Phi) is 5.87. The van der Waals surface area contributed by atoms with E-state index in [0.717, 1.165) is 15.6 Å². The maximum absolute atomic E-state index is 11.2. The van der Waals surface area contributed by atoms with E-state index in [0.29, 0.717) is 0 Å². The van der Waals surface area contributed by atoms with Gasteiger partial charge in [-0.05, 0) is 24.1 Å². The van der Waals surface area contributed by atoms with Crippen LogP contribution in [0.5, 0.6) is 0 Å². The number of carbonyl (C=O) groups excluding carboxylic acids is 1. The van der Waals surface area contributed by atoms with Crippen LogP contribution < -0.4 is 5.73 Å². The fourth-order valence-corrected chi connectivity index (χ4v) is 1.60. The minimum atomic E-state index is -0.711. The molecule has 0 aliphatic rings. The molecule has 1 aromatic carbocycles. The van der Waals surface area contributed by atoms with Crippen LogP contribution in [0.3, 0.4) is 0 Å². The SMILES string of the molecule is COC(=O)C(N)c1cccc(Br)c1C.Cl. The third kappa shape index (κ3) is 3.19. The molecule has 0 fully saturated rings. The number of rotatable bonds is 2. The van der Waals surface area contributed by atoms with Crippen molar-refractivity contribution in [3.8, 4) is 0 Å². The fraction of sp³-hybridized carbons (Fsp3) is 0.300. The van der Waals surface area contributed by atoms with Crippen molar-refractivity contribution in [2.24, 2.45) is 5.73 Å². The van der Waals surface area contributed by atoms with E-state index in [1.807, 2.05) is 25.1 Å². The lowest BCUT2D eigenvalue weighted by Gasteiger charge is -2.13. The van der Waals surface area contributed by atoms with E-state index in [1.165, 1.54) is 7.11 Å². The average Bonchev–Trinajstić information content (AvgIpc) is 2.20. The molecule has 0 aliphatic heterocycles. The molecular formula is C10H13BrClNO2. The summed E-state index contributed by atoms with van der Waals surface area (Å²) in [6.45, 7) is 1.90. The summed E-state index contributed by atoms with van der Waals surface area (Å²) >= 11 is 3.38. The molecule has 1 rings (SSSR count). The van der Waals surface area contributed by atoms with Gasteiger partial charge in [-0.1, -0.05) is 28.1 Å². The molecule has 0 saturated carbocycles. The molecule has 0 amide bonds. The van der Waals surface area contributed by atoms with Crippen LogP contribution in [0.4, 0.5) is 0 Å². The number of esters is 1. The van der Waals surface area contributed by atoms with Crippen LogP contribution in [0.1, 0.15) is 17.2 Å². The summed E-state index contributed by atoms with van der Waals surface area (Å²) in [4.78, 5) is 11.2. The first-order valence-electron chi connectivity index (χ1n) is 4.16. The highest BCUT2D eigenvalue weighted by molar-refractivity contribution is 9.10. The number of nitrogens with two attached hydrogens (primary N) is 1. The zero-order valence-electron chi connectivity index (χ0n) is 8.49. The Hall–Kier alpha value is -0.580. The van der Waals surface area contributed by atoms with Crippen LogP contribution in [-0.4, -0.2) is 13.1 Å². The Bertz CT molecular complexity index is 357. The van der Waals surface area contributed by atoms with Gasteiger partial charge in [0.1, 0.15) is 6.04 Å². The molecule has 15 heavy (non-hydrogen) atoms. The minimum absolute atomic E-state index is 0. The van der Waals surface area contributed by atoms with Crippen molar-refractivity contribution in [1.82, 2.24) is 0 Å². The van der Waals surface area contributed by atoms with E-state index in [1.54, 1.807) is 0 Å². The first kappa shape index (κ1) is 14.4. The lowest BCUT2D eigenvalue weighted by molar-refractivity contribution is -0.142. The monoisotopic (exact) mass is 293 g/mol. The lowest BCUT2D eigenvalue weighted by atomic mass is 10.0. The van der Waals surface area contributed by atoms with Crippen LogP contribution >= 0.6 is 28.3 Å². The van der Waals surface area contributed by atoms with Gasteiger partial charge >= 0.3 is 5.97 Å². The average molecular weight is 295 g/mol. The summed E-state index contributed by atoms with van der Waals surface area (Å²) in [5.41, 5.74) is 7.47. The van der Waals surface area contributed by atoms with E-state index < -0.39 is 12.0 Å². The second-order valence-electron chi connectivity index (χ2n) is 2.95. The second kappa shape index (κ2) is 6.10. The number of benzene rings is 1. The third-order valence-electron chi connectivity index (χ3n) is 2.10. The van der Waals surface area contributed by atoms with Crippen molar-refractivity contribution in [3.63, 3.8) is 0 Å².